The van der Waals surface area contributed by atoms with Gasteiger partial charge in [0.05, 0.1) is 12.2 Å². The second kappa shape index (κ2) is 8.33. The van der Waals surface area contributed by atoms with Gasteiger partial charge in [-0.3, -0.25) is 9.59 Å². The van der Waals surface area contributed by atoms with Gasteiger partial charge in [-0.15, -0.1) is 0 Å². The summed E-state index contributed by atoms with van der Waals surface area (Å²) in [4.78, 5) is 39.1. The number of hydrogen-bond acceptors (Lipinski definition) is 4. The minimum Gasteiger partial charge on any atom is -0.462 e. The van der Waals surface area contributed by atoms with Crippen molar-refractivity contribution in [1.82, 2.24) is 15.6 Å². The number of aromatic amines is 1. The number of amides is 2. The number of ether oxygens (including phenoxy) is 1. The highest BCUT2D eigenvalue weighted by Crippen LogP contribution is 2.19. The average Bonchev–Trinajstić information content (AvgIpc) is 2.93. The molecule has 0 saturated carbocycles. The van der Waals surface area contributed by atoms with E-state index in [9.17, 15) is 14.4 Å². The van der Waals surface area contributed by atoms with Crippen LogP contribution in [0.4, 0.5) is 0 Å². The molecule has 0 fully saturated rings. The van der Waals surface area contributed by atoms with Crippen molar-refractivity contribution in [1.29, 1.82) is 0 Å². The number of benzene rings is 1. The van der Waals surface area contributed by atoms with E-state index in [-0.39, 0.29) is 25.0 Å². The van der Waals surface area contributed by atoms with Crippen LogP contribution in [-0.2, 0) is 11.3 Å². The van der Waals surface area contributed by atoms with E-state index < -0.39 is 5.97 Å². The second-order valence-corrected chi connectivity index (χ2v) is 5.81. The van der Waals surface area contributed by atoms with Gasteiger partial charge in [0.1, 0.15) is 5.69 Å². The number of carbonyl (C=O) groups excluding carboxylic acids is 3. The smallest absolute Gasteiger partial charge is 0.340 e. The van der Waals surface area contributed by atoms with Crippen LogP contribution in [0.15, 0.2) is 24.3 Å². The van der Waals surface area contributed by atoms with Crippen LogP contribution in [0.3, 0.4) is 0 Å². The molecule has 2 aromatic rings. The predicted octanol–water partition coefficient (Wildman–Crippen LogP) is 2.10. The molecule has 1 aromatic heterocycles. The fraction of sp³-hybridized carbons (Fsp3) is 0.316. The average molecular weight is 357 g/mol. The first-order valence-electron chi connectivity index (χ1n) is 8.34. The van der Waals surface area contributed by atoms with Gasteiger partial charge in [-0.1, -0.05) is 12.1 Å². The van der Waals surface area contributed by atoms with Gasteiger partial charge in [0, 0.05) is 24.8 Å². The third kappa shape index (κ3) is 4.11. The predicted molar refractivity (Wildman–Crippen MR) is 97.2 cm³/mol. The Hall–Kier alpha value is -3.09. The van der Waals surface area contributed by atoms with Gasteiger partial charge in [0.2, 0.25) is 0 Å². The zero-order chi connectivity index (χ0) is 19.3. The van der Waals surface area contributed by atoms with Crippen LogP contribution in [0.2, 0.25) is 0 Å². The van der Waals surface area contributed by atoms with Crippen LogP contribution in [0.25, 0.3) is 0 Å². The van der Waals surface area contributed by atoms with Crippen molar-refractivity contribution in [3.8, 4) is 0 Å². The second-order valence-electron chi connectivity index (χ2n) is 5.81. The SMILES string of the molecule is CCOC(=O)c1c(C)[nH]c(C(=O)NCc2cccc(C(=O)NC)c2)c1C. The van der Waals surface area contributed by atoms with Crippen LogP contribution in [0.1, 0.15) is 54.9 Å². The summed E-state index contributed by atoms with van der Waals surface area (Å²) in [6, 6.07) is 7.00. The maximum atomic E-state index is 12.5. The summed E-state index contributed by atoms with van der Waals surface area (Å²) in [6.45, 7) is 5.69. The molecule has 1 heterocycles. The molecule has 0 radical (unpaired) electrons. The topological polar surface area (TPSA) is 100 Å². The molecule has 2 rings (SSSR count). The fourth-order valence-corrected chi connectivity index (χ4v) is 2.72. The zero-order valence-corrected chi connectivity index (χ0v) is 15.4. The summed E-state index contributed by atoms with van der Waals surface area (Å²) >= 11 is 0. The Balaban J connectivity index is 2.13. The lowest BCUT2D eigenvalue weighted by atomic mass is 10.1. The van der Waals surface area contributed by atoms with Gasteiger partial charge in [0.25, 0.3) is 11.8 Å². The Kier molecular flexibility index (Phi) is 6.16. The largest absolute Gasteiger partial charge is 0.462 e. The van der Waals surface area contributed by atoms with Crippen LogP contribution in [0, 0.1) is 13.8 Å². The van der Waals surface area contributed by atoms with Crippen LogP contribution in [0.5, 0.6) is 0 Å². The van der Waals surface area contributed by atoms with Crippen molar-refractivity contribution in [3.05, 3.63) is 57.9 Å². The molecule has 7 nitrogen and oxygen atoms in total. The maximum Gasteiger partial charge on any atom is 0.340 e. The van der Waals surface area contributed by atoms with Crippen molar-refractivity contribution < 1.29 is 19.1 Å². The molecule has 0 spiro atoms. The minimum absolute atomic E-state index is 0.187. The molecule has 1 aromatic carbocycles. The molecule has 0 saturated heterocycles. The maximum absolute atomic E-state index is 12.5. The molecule has 2 amide bonds. The van der Waals surface area contributed by atoms with Crippen LogP contribution < -0.4 is 10.6 Å². The quantitative estimate of drug-likeness (QED) is 0.689. The molecule has 0 unspecified atom stereocenters. The highest BCUT2D eigenvalue weighted by Gasteiger charge is 2.22. The van der Waals surface area contributed by atoms with Crippen LogP contribution >= 0.6 is 0 Å². The van der Waals surface area contributed by atoms with Gasteiger partial charge in [0.15, 0.2) is 0 Å². The number of aryl methyl sites for hydroxylation is 1. The van der Waals surface area contributed by atoms with Gasteiger partial charge in [-0.05, 0) is 44.0 Å². The Morgan fingerprint density at radius 2 is 1.88 bits per heavy atom. The Labute approximate surface area is 152 Å². The molecule has 26 heavy (non-hydrogen) atoms. The monoisotopic (exact) mass is 357 g/mol. The number of aromatic nitrogens is 1. The fourth-order valence-electron chi connectivity index (χ4n) is 2.72. The number of rotatable bonds is 6. The van der Waals surface area contributed by atoms with Crippen molar-refractivity contribution >= 4 is 17.8 Å². The molecule has 0 aliphatic rings. The number of esters is 1. The molecular weight excluding hydrogens is 334 g/mol. The molecule has 7 heteroatoms. The first kappa shape index (κ1) is 19.2. The summed E-state index contributed by atoms with van der Waals surface area (Å²) in [5.74, 6) is -0.962. The first-order chi connectivity index (χ1) is 12.4. The van der Waals surface area contributed by atoms with Gasteiger partial charge in [-0.25, -0.2) is 4.79 Å². The summed E-state index contributed by atoms with van der Waals surface area (Å²) in [6.07, 6.45) is 0. The molecule has 0 aliphatic heterocycles. The Morgan fingerprint density at radius 1 is 1.15 bits per heavy atom. The van der Waals surface area contributed by atoms with Gasteiger partial charge in [-0.2, -0.15) is 0 Å². The Morgan fingerprint density at radius 3 is 2.54 bits per heavy atom. The molecule has 0 aliphatic carbocycles. The van der Waals surface area contributed by atoms with E-state index in [1.807, 2.05) is 6.07 Å². The third-order valence-electron chi connectivity index (χ3n) is 4.01. The van der Waals surface area contributed by atoms with E-state index >= 15 is 0 Å². The van der Waals surface area contributed by atoms with E-state index in [4.69, 9.17) is 4.74 Å². The number of nitrogens with one attached hydrogen (secondary N) is 3. The lowest BCUT2D eigenvalue weighted by Gasteiger charge is -2.07. The van der Waals surface area contributed by atoms with Crippen molar-refractivity contribution in [2.75, 3.05) is 13.7 Å². The van der Waals surface area contributed by atoms with Crippen LogP contribution in [-0.4, -0.2) is 36.4 Å². The zero-order valence-electron chi connectivity index (χ0n) is 15.4. The minimum atomic E-state index is -0.448. The summed E-state index contributed by atoms with van der Waals surface area (Å²) in [7, 11) is 1.56. The van der Waals surface area contributed by atoms with E-state index in [1.165, 1.54) is 0 Å². The number of hydrogen-bond donors (Lipinski definition) is 3. The molecule has 3 N–H and O–H groups in total. The van der Waals surface area contributed by atoms with E-state index in [2.05, 4.69) is 15.6 Å². The first-order valence-corrected chi connectivity index (χ1v) is 8.34. The van der Waals surface area contributed by atoms with E-state index in [0.29, 0.717) is 28.1 Å². The normalized spacial score (nSPS) is 10.3. The molecule has 0 atom stereocenters. The lowest BCUT2D eigenvalue weighted by Crippen LogP contribution is -2.24. The lowest BCUT2D eigenvalue weighted by molar-refractivity contribution is 0.0524. The summed E-state index contributed by atoms with van der Waals surface area (Å²) in [5.41, 5.74) is 3.18. The van der Waals surface area contributed by atoms with Crippen molar-refractivity contribution in [2.45, 2.75) is 27.3 Å². The van der Waals surface area contributed by atoms with Crippen molar-refractivity contribution in [2.24, 2.45) is 0 Å². The summed E-state index contributed by atoms with van der Waals surface area (Å²) in [5, 5.41) is 5.36. The van der Waals surface area contributed by atoms with Gasteiger partial charge >= 0.3 is 5.97 Å². The number of carbonyl (C=O) groups is 3. The Bertz CT molecular complexity index is 839. The third-order valence-corrected chi connectivity index (χ3v) is 4.01. The van der Waals surface area contributed by atoms with Gasteiger partial charge < -0.3 is 20.4 Å². The standard InChI is InChI=1S/C19H23N3O4/c1-5-26-19(25)15-11(2)16(22-12(15)3)18(24)21-10-13-7-6-8-14(9-13)17(23)20-4/h6-9,22H,5,10H2,1-4H3,(H,20,23)(H,21,24). The summed E-state index contributed by atoms with van der Waals surface area (Å²) < 4.78 is 5.03. The molecular formula is C19H23N3O4. The molecule has 0 bridgehead atoms. The number of H-pyrrole nitrogens is 1. The highest BCUT2D eigenvalue weighted by molar-refractivity contribution is 6.00. The highest BCUT2D eigenvalue weighted by atomic mass is 16.5. The van der Waals surface area contributed by atoms with E-state index in [1.54, 1.807) is 46.0 Å². The van der Waals surface area contributed by atoms with Crippen molar-refractivity contribution in [3.63, 3.8) is 0 Å². The van der Waals surface area contributed by atoms with E-state index in [0.717, 1.165) is 5.56 Å². The molecule has 138 valence electrons.